The van der Waals surface area contributed by atoms with Gasteiger partial charge in [-0.05, 0) is 49.9 Å². The van der Waals surface area contributed by atoms with E-state index >= 15 is 0 Å². The van der Waals surface area contributed by atoms with Crippen LogP contribution in [-0.4, -0.2) is 30.7 Å². The Bertz CT molecular complexity index is 461. The molecule has 1 aromatic carbocycles. The van der Waals surface area contributed by atoms with Crippen LogP contribution in [0.3, 0.4) is 0 Å². The molecule has 1 rings (SSSR count). The molecule has 17 heavy (non-hydrogen) atoms. The zero-order valence-corrected chi connectivity index (χ0v) is 11.3. The molecule has 3 heteroatoms. The molecule has 0 spiro atoms. The van der Waals surface area contributed by atoms with Crippen LogP contribution in [0.25, 0.3) is 0 Å². The first kappa shape index (κ1) is 13.4. The Labute approximate surface area is 102 Å². The smallest absolute Gasteiger partial charge is 0.294 e. The molecule has 92 valence electrons. The Kier molecular flexibility index (Phi) is 3.71. The molecule has 0 unspecified atom stereocenters. The number of nitrogens with zero attached hydrogens (tertiary/aromatic N) is 1. The Morgan fingerprint density at radius 1 is 0.941 bits per heavy atom. The normalized spacial score (nSPS) is 10.2. The summed E-state index contributed by atoms with van der Waals surface area (Å²) >= 11 is 0. The maximum Gasteiger partial charge on any atom is 0.294 e. The highest BCUT2D eigenvalue weighted by atomic mass is 16.2. The van der Waals surface area contributed by atoms with Gasteiger partial charge in [0.1, 0.15) is 0 Å². The van der Waals surface area contributed by atoms with Crippen LogP contribution in [0.5, 0.6) is 0 Å². The van der Waals surface area contributed by atoms with Gasteiger partial charge in [0.05, 0.1) is 0 Å². The van der Waals surface area contributed by atoms with Crippen LogP contribution >= 0.6 is 0 Å². The molecular formula is C14H19NO2. The van der Waals surface area contributed by atoms with Gasteiger partial charge in [-0.25, -0.2) is 0 Å². The first-order chi connectivity index (χ1) is 7.77. The molecule has 0 saturated heterocycles. The molecule has 0 N–H and O–H groups in total. The lowest BCUT2D eigenvalue weighted by Crippen LogP contribution is -2.31. The fraction of sp³-hybridized carbons (Fsp3) is 0.429. The number of amides is 1. The molecule has 0 aromatic heterocycles. The molecule has 0 aliphatic rings. The number of ketones is 1. The largest absolute Gasteiger partial charge is 0.342 e. The summed E-state index contributed by atoms with van der Waals surface area (Å²) in [5, 5.41) is 0. The van der Waals surface area contributed by atoms with E-state index in [1.165, 1.54) is 4.90 Å². The molecule has 0 saturated carbocycles. The molecule has 0 bridgehead atoms. The summed E-state index contributed by atoms with van der Waals surface area (Å²) in [7, 11) is 3.18. The topological polar surface area (TPSA) is 37.4 Å². The molecule has 0 atom stereocenters. The average Bonchev–Trinajstić information content (AvgIpc) is 2.25. The van der Waals surface area contributed by atoms with Crippen LogP contribution in [0.15, 0.2) is 6.07 Å². The molecule has 0 radical (unpaired) electrons. The number of carbonyl (C=O) groups is 2. The summed E-state index contributed by atoms with van der Waals surface area (Å²) < 4.78 is 0. The second kappa shape index (κ2) is 4.70. The molecule has 1 aromatic rings. The van der Waals surface area contributed by atoms with Gasteiger partial charge in [-0.1, -0.05) is 6.07 Å². The first-order valence-corrected chi connectivity index (χ1v) is 5.60. The second-order valence-corrected chi connectivity index (χ2v) is 4.66. The minimum Gasteiger partial charge on any atom is -0.342 e. The zero-order chi connectivity index (χ0) is 13.3. The van der Waals surface area contributed by atoms with E-state index < -0.39 is 11.7 Å². The average molecular weight is 233 g/mol. The summed E-state index contributed by atoms with van der Waals surface area (Å²) in [6.07, 6.45) is 0. The maximum atomic E-state index is 12.1. The summed E-state index contributed by atoms with van der Waals surface area (Å²) in [4.78, 5) is 25.2. The fourth-order valence-corrected chi connectivity index (χ4v) is 1.87. The molecule has 0 fully saturated rings. The van der Waals surface area contributed by atoms with Gasteiger partial charge in [0.25, 0.3) is 11.7 Å². The lowest BCUT2D eigenvalue weighted by atomic mass is 9.91. The highest BCUT2D eigenvalue weighted by molar-refractivity contribution is 6.43. The van der Waals surface area contributed by atoms with Crippen molar-refractivity contribution >= 4 is 11.7 Å². The van der Waals surface area contributed by atoms with Crippen molar-refractivity contribution in [3.05, 3.63) is 33.9 Å². The highest BCUT2D eigenvalue weighted by Crippen LogP contribution is 2.22. The summed E-state index contributed by atoms with van der Waals surface area (Å²) in [6, 6.07) is 2.04. The summed E-state index contributed by atoms with van der Waals surface area (Å²) in [6.45, 7) is 7.69. The number of hydrogen-bond donors (Lipinski definition) is 0. The van der Waals surface area contributed by atoms with E-state index in [1.54, 1.807) is 14.1 Å². The first-order valence-electron chi connectivity index (χ1n) is 5.60. The van der Waals surface area contributed by atoms with E-state index in [0.29, 0.717) is 5.56 Å². The SMILES string of the molecule is Cc1cc(C)c(C)c(C(=O)C(=O)N(C)C)c1C. The number of aryl methyl sites for hydroxylation is 2. The van der Waals surface area contributed by atoms with Gasteiger partial charge < -0.3 is 4.90 Å². The van der Waals surface area contributed by atoms with Crippen molar-refractivity contribution < 1.29 is 9.59 Å². The third kappa shape index (κ3) is 2.38. The van der Waals surface area contributed by atoms with Crippen molar-refractivity contribution in [1.82, 2.24) is 4.90 Å². The van der Waals surface area contributed by atoms with Gasteiger partial charge in [-0.3, -0.25) is 9.59 Å². The van der Waals surface area contributed by atoms with Crippen molar-refractivity contribution in [1.29, 1.82) is 0 Å². The van der Waals surface area contributed by atoms with Crippen LogP contribution in [0.2, 0.25) is 0 Å². The van der Waals surface area contributed by atoms with Crippen molar-refractivity contribution in [2.45, 2.75) is 27.7 Å². The van der Waals surface area contributed by atoms with Crippen LogP contribution in [0, 0.1) is 27.7 Å². The van der Waals surface area contributed by atoms with E-state index in [2.05, 4.69) is 0 Å². The van der Waals surface area contributed by atoms with Gasteiger partial charge in [-0.15, -0.1) is 0 Å². The van der Waals surface area contributed by atoms with Crippen molar-refractivity contribution in [2.24, 2.45) is 0 Å². The number of hydrogen-bond acceptors (Lipinski definition) is 2. The lowest BCUT2D eigenvalue weighted by Gasteiger charge is -2.16. The number of rotatable bonds is 2. The fourth-order valence-electron chi connectivity index (χ4n) is 1.87. The van der Waals surface area contributed by atoms with Gasteiger partial charge in [-0.2, -0.15) is 0 Å². The number of likely N-dealkylation sites (N-methyl/N-ethyl adjacent to an activating group) is 1. The lowest BCUT2D eigenvalue weighted by molar-refractivity contribution is -0.124. The van der Waals surface area contributed by atoms with E-state index in [9.17, 15) is 9.59 Å². The third-order valence-corrected chi connectivity index (χ3v) is 3.19. The molecule has 0 aliphatic carbocycles. The molecule has 1 amide bonds. The highest BCUT2D eigenvalue weighted by Gasteiger charge is 2.23. The predicted octanol–water partition coefficient (Wildman–Crippen LogP) is 2.19. The molecule has 3 nitrogen and oxygen atoms in total. The monoisotopic (exact) mass is 233 g/mol. The summed E-state index contributed by atoms with van der Waals surface area (Å²) in [5.41, 5.74) is 4.44. The zero-order valence-electron chi connectivity index (χ0n) is 11.3. The number of benzene rings is 1. The molecular weight excluding hydrogens is 214 g/mol. The Hall–Kier alpha value is -1.64. The Morgan fingerprint density at radius 3 is 1.71 bits per heavy atom. The van der Waals surface area contributed by atoms with Gasteiger partial charge in [0.2, 0.25) is 0 Å². The van der Waals surface area contributed by atoms with E-state index in [1.807, 2.05) is 33.8 Å². The van der Waals surface area contributed by atoms with Gasteiger partial charge >= 0.3 is 0 Å². The number of carbonyl (C=O) groups excluding carboxylic acids is 2. The third-order valence-electron chi connectivity index (χ3n) is 3.19. The second-order valence-electron chi connectivity index (χ2n) is 4.66. The van der Waals surface area contributed by atoms with Crippen molar-refractivity contribution in [3.8, 4) is 0 Å². The Morgan fingerprint density at radius 2 is 1.35 bits per heavy atom. The van der Waals surface area contributed by atoms with E-state index in [4.69, 9.17) is 0 Å². The minimum absolute atomic E-state index is 0.420. The van der Waals surface area contributed by atoms with Crippen molar-refractivity contribution in [2.75, 3.05) is 14.1 Å². The van der Waals surface area contributed by atoms with Gasteiger partial charge in [0.15, 0.2) is 0 Å². The van der Waals surface area contributed by atoms with Gasteiger partial charge in [0, 0.05) is 19.7 Å². The quantitative estimate of drug-likeness (QED) is 0.580. The minimum atomic E-state index is -0.471. The van der Waals surface area contributed by atoms with Crippen LogP contribution < -0.4 is 0 Å². The maximum absolute atomic E-state index is 12.1. The van der Waals surface area contributed by atoms with Crippen LogP contribution in [0.4, 0.5) is 0 Å². The van der Waals surface area contributed by atoms with Crippen LogP contribution in [-0.2, 0) is 4.79 Å². The van der Waals surface area contributed by atoms with E-state index in [-0.39, 0.29) is 0 Å². The summed E-state index contributed by atoms with van der Waals surface area (Å²) in [5.74, 6) is -0.891. The Balaban J connectivity index is 3.41. The number of Topliss-reactive ketones (excluding diaryl/α,β-unsaturated/α-hetero) is 1. The standard InChI is InChI=1S/C14H19NO2/c1-8-7-9(2)11(4)12(10(8)3)13(16)14(17)15(5)6/h7H,1-6H3. The molecule has 0 heterocycles. The predicted molar refractivity (Wildman–Crippen MR) is 68.4 cm³/mol. The van der Waals surface area contributed by atoms with Crippen LogP contribution in [0.1, 0.15) is 32.6 Å². The molecule has 0 aliphatic heterocycles. The van der Waals surface area contributed by atoms with Crippen molar-refractivity contribution in [3.63, 3.8) is 0 Å². The van der Waals surface area contributed by atoms with E-state index in [0.717, 1.165) is 22.3 Å².